The number of ketones is 2. The van der Waals surface area contributed by atoms with Crippen molar-refractivity contribution in [3.05, 3.63) is 51.5 Å². The van der Waals surface area contributed by atoms with Crippen LogP contribution in [-0.2, 0) is 16.1 Å². The number of Topliss-reactive ketones (excluding diaryl/α,β-unsaturated/α-hetero) is 2. The fourth-order valence-electron chi connectivity index (χ4n) is 5.85. The van der Waals surface area contributed by atoms with E-state index in [-0.39, 0.29) is 29.7 Å². The van der Waals surface area contributed by atoms with Gasteiger partial charge in [0.15, 0.2) is 11.4 Å². The van der Waals surface area contributed by atoms with Gasteiger partial charge in [0.1, 0.15) is 30.6 Å². The number of fused-ring (bicyclic) bond motifs is 3. The zero-order valence-corrected chi connectivity index (χ0v) is 19.8. The standard InChI is InChI=1S/C24H29N3O8/c1-9(26-35-4)11-5-6-14(28)16-12(11)7-10-8-13-18(27(2)3)20(30)17(23(25)33)22(32)24(13,34)21(31)15(10)19(16)29/h5-6,10,13,18,23,28,30-31,33-34H,7-8,25H2,1-4H3/b26-9-/t10-,13-,18-,23?,24-/m0/s1. The normalized spacial score (nSPS) is 29.7. The Morgan fingerprint density at radius 3 is 2.49 bits per heavy atom. The molecule has 0 aliphatic heterocycles. The Labute approximate surface area is 201 Å². The lowest BCUT2D eigenvalue weighted by atomic mass is 9.58. The molecule has 0 spiro atoms. The van der Waals surface area contributed by atoms with Crippen LogP contribution in [0.4, 0.5) is 0 Å². The SMILES string of the molecule is CO/N=C(/C)c1ccc(O)c2c1C[C@H]1C[C@H]3[C@H](N(C)C)C(O)=C(C(N)O)C(=O)[C@@]3(O)C(O)=C1C2=O. The number of oxime groups is 1. The van der Waals surface area contributed by atoms with Gasteiger partial charge in [-0.25, -0.2) is 0 Å². The van der Waals surface area contributed by atoms with Crippen LogP contribution in [0.3, 0.4) is 0 Å². The summed E-state index contributed by atoms with van der Waals surface area (Å²) in [5.41, 5.74) is 3.59. The summed E-state index contributed by atoms with van der Waals surface area (Å²) in [5.74, 6) is -5.25. The molecule has 0 saturated carbocycles. The van der Waals surface area contributed by atoms with Gasteiger partial charge in [0.25, 0.3) is 0 Å². The predicted molar refractivity (Wildman–Crippen MR) is 124 cm³/mol. The van der Waals surface area contributed by atoms with Gasteiger partial charge in [-0.05, 0) is 57.5 Å². The maximum atomic E-state index is 13.6. The second-order valence-electron chi connectivity index (χ2n) is 9.43. The molecule has 7 N–H and O–H groups in total. The van der Waals surface area contributed by atoms with Gasteiger partial charge < -0.3 is 36.1 Å². The van der Waals surface area contributed by atoms with E-state index in [2.05, 4.69) is 5.16 Å². The van der Waals surface area contributed by atoms with Crippen LogP contribution in [0.2, 0.25) is 0 Å². The molecule has 1 unspecified atom stereocenters. The van der Waals surface area contributed by atoms with Crippen LogP contribution in [0, 0.1) is 11.8 Å². The van der Waals surface area contributed by atoms with Gasteiger partial charge in [0, 0.05) is 17.1 Å². The molecule has 11 heteroatoms. The average molecular weight is 488 g/mol. The van der Waals surface area contributed by atoms with Crippen molar-refractivity contribution in [1.29, 1.82) is 0 Å². The third kappa shape index (κ3) is 3.38. The first kappa shape index (κ1) is 24.9. The van der Waals surface area contributed by atoms with Crippen LogP contribution < -0.4 is 5.73 Å². The molecule has 0 bridgehead atoms. The minimum atomic E-state index is -2.60. The zero-order chi connectivity index (χ0) is 26.0. The Hall–Kier alpha value is -3.25. The van der Waals surface area contributed by atoms with E-state index in [4.69, 9.17) is 10.6 Å². The smallest absolute Gasteiger partial charge is 0.205 e. The Kier molecular flexibility index (Phi) is 6.00. The van der Waals surface area contributed by atoms with E-state index in [0.717, 1.165) is 0 Å². The van der Waals surface area contributed by atoms with Crippen molar-refractivity contribution >= 4 is 17.3 Å². The number of aromatic hydroxyl groups is 1. The highest BCUT2D eigenvalue weighted by Gasteiger charge is 2.63. The molecule has 0 heterocycles. The van der Waals surface area contributed by atoms with Crippen molar-refractivity contribution in [3.63, 3.8) is 0 Å². The molecule has 11 nitrogen and oxygen atoms in total. The summed E-state index contributed by atoms with van der Waals surface area (Å²) < 4.78 is 0. The van der Waals surface area contributed by atoms with Gasteiger partial charge in [0.2, 0.25) is 5.78 Å². The zero-order valence-electron chi connectivity index (χ0n) is 19.8. The largest absolute Gasteiger partial charge is 0.510 e. The van der Waals surface area contributed by atoms with Crippen LogP contribution in [0.5, 0.6) is 5.75 Å². The van der Waals surface area contributed by atoms with Crippen molar-refractivity contribution in [3.8, 4) is 5.75 Å². The number of phenols is 1. The number of likely N-dealkylation sites (N-methyl/N-ethyl adjacent to an activating group) is 1. The van der Waals surface area contributed by atoms with Crippen LogP contribution in [0.1, 0.15) is 34.8 Å². The van der Waals surface area contributed by atoms with Gasteiger partial charge >= 0.3 is 0 Å². The van der Waals surface area contributed by atoms with E-state index in [1.165, 1.54) is 13.2 Å². The number of aliphatic hydroxyl groups excluding tert-OH is 3. The number of rotatable bonds is 4. The molecule has 4 rings (SSSR count). The molecule has 0 amide bonds. The summed E-state index contributed by atoms with van der Waals surface area (Å²) in [7, 11) is 4.60. The summed E-state index contributed by atoms with van der Waals surface area (Å²) in [5, 5.41) is 58.2. The number of nitrogens with zero attached hydrogens (tertiary/aromatic N) is 2. The van der Waals surface area contributed by atoms with E-state index < -0.39 is 58.4 Å². The summed E-state index contributed by atoms with van der Waals surface area (Å²) in [6.07, 6.45) is -1.68. The molecule has 0 fully saturated rings. The maximum Gasteiger partial charge on any atom is 0.205 e. The second-order valence-corrected chi connectivity index (χ2v) is 9.43. The molecule has 0 saturated heterocycles. The van der Waals surface area contributed by atoms with Crippen molar-refractivity contribution < 1.29 is 40.0 Å². The summed E-state index contributed by atoms with van der Waals surface area (Å²) in [6.45, 7) is 1.69. The third-order valence-electron chi connectivity index (χ3n) is 7.31. The lowest BCUT2D eigenvalue weighted by Gasteiger charge is -2.50. The highest BCUT2D eigenvalue weighted by atomic mass is 16.6. The number of benzene rings is 1. The van der Waals surface area contributed by atoms with E-state index in [9.17, 15) is 35.1 Å². The molecule has 5 atom stereocenters. The molecule has 188 valence electrons. The molecule has 0 radical (unpaired) electrons. The van der Waals surface area contributed by atoms with Crippen LogP contribution >= 0.6 is 0 Å². The van der Waals surface area contributed by atoms with Crippen LogP contribution in [-0.4, -0.2) is 86.8 Å². The first-order valence-electron chi connectivity index (χ1n) is 11.1. The quantitative estimate of drug-likeness (QED) is 0.196. The van der Waals surface area contributed by atoms with Crippen LogP contribution in [0.15, 0.2) is 40.0 Å². The number of aliphatic hydroxyl groups is 4. The number of carbonyl (C=O) groups is 2. The van der Waals surface area contributed by atoms with Gasteiger partial charge in [0.05, 0.1) is 22.9 Å². The van der Waals surface area contributed by atoms with Gasteiger partial charge in [-0.3, -0.25) is 14.5 Å². The van der Waals surface area contributed by atoms with E-state index in [1.807, 2.05) is 0 Å². The van der Waals surface area contributed by atoms with Crippen molar-refractivity contribution in [1.82, 2.24) is 4.90 Å². The van der Waals surface area contributed by atoms with Crippen molar-refractivity contribution in [2.75, 3.05) is 21.2 Å². The van der Waals surface area contributed by atoms with E-state index >= 15 is 0 Å². The Morgan fingerprint density at radius 1 is 1.26 bits per heavy atom. The number of phenolic OH excluding ortho intramolecular Hbond substituents is 1. The Bertz CT molecular complexity index is 1220. The van der Waals surface area contributed by atoms with Gasteiger partial charge in [-0.1, -0.05) is 5.16 Å². The number of hydrogen-bond donors (Lipinski definition) is 6. The molecule has 35 heavy (non-hydrogen) atoms. The number of carbonyl (C=O) groups excluding carboxylic acids is 2. The van der Waals surface area contributed by atoms with E-state index in [1.54, 1.807) is 32.0 Å². The minimum Gasteiger partial charge on any atom is -0.510 e. The van der Waals surface area contributed by atoms with Crippen molar-refractivity contribution in [2.45, 2.75) is 37.6 Å². The lowest BCUT2D eigenvalue weighted by Crippen LogP contribution is -2.64. The summed E-state index contributed by atoms with van der Waals surface area (Å²) in [6, 6.07) is 1.96. The molecular formula is C24H29N3O8. The van der Waals surface area contributed by atoms with Crippen LogP contribution in [0.25, 0.3) is 0 Å². The average Bonchev–Trinajstić information content (AvgIpc) is 2.76. The number of hydrogen-bond acceptors (Lipinski definition) is 11. The molecule has 1 aromatic carbocycles. The fraction of sp³-hybridized carbons (Fsp3) is 0.458. The third-order valence-corrected chi connectivity index (χ3v) is 7.31. The summed E-state index contributed by atoms with van der Waals surface area (Å²) in [4.78, 5) is 33.3. The fourth-order valence-corrected chi connectivity index (χ4v) is 5.85. The maximum absolute atomic E-state index is 13.6. The monoisotopic (exact) mass is 487 g/mol. The first-order valence-corrected chi connectivity index (χ1v) is 11.1. The highest BCUT2D eigenvalue weighted by Crippen LogP contribution is 2.52. The molecule has 3 aliphatic carbocycles. The Balaban J connectivity index is 1.96. The first-order chi connectivity index (χ1) is 16.4. The highest BCUT2D eigenvalue weighted by molar-refractivity contribution is 6.17. The second kappa shape index (κ2) is 8.45. The van der Waals surface area contributed by atoms with Gasteiger partial charge in [-0.15, -0.1) is 0 Å². The van der Waals surface area contributed by atoms with E-state index in [0.29, 0.717) is 16.8 Å². The van der Waals surface area contributed by atoms with Gasteiger partial charge in [-0.2, -0.15) is 0 Å². The minimum absolute atomic E-state index is 0.0449. The summed E-state index contributed by atoms with van der Waals surface area (Å²) >= 11 is 0. The number of nitrogens with two attached hydrogens (primary N) is 1. The Morgan fingerprint density at radius 2 is 1.91 bits per heavy atom. The lowest BCUT2D eigenvalue weighted by molar-refractivity contribution is -0.148. The molecule has 0 aromatic heterocycles. The topological polar surface area (TPSA) is 186 Å². The number of allylic oxidation sites excluding steroid dienone is 1. The molecule has 3 aliphatic rings. The molecule has 1 aromatic rings. The van der Waals surface area contributed by atoms with Crippen molar-refractivity contribution in [2.24, 2.45) is 22.7 Å². The molecular weight excluding hydrogens is 458 g/mol. The predicted octanol–water partition coefficient (Wildman–Crippen LogP) is 0.283.